The quantitative estimate of drug-likeness (QED) is 0.623. The molecule has 2 fully saturated rings. The molecule has 3 N–H and O–H groups in total. The predicted octanol–water partition coefficient (Wildman–Crippen LogP) is -0.587. The second kappa shape index (κ2) is 7.19. The summed E-state index contributed by atoms with van der Waals surface area (Å²) in [5.41, 5.74) is -0.817. The van der Waals surface area contributed by atoms with Crippen molar-refractivity contribution in [3.63, 3.8) is 0 Å². The molecular weight excluding hydrogens is 248 g/mol. The number of piperidine rings is 1. The van der Waals surface area contributed by atoms with Gasteiger partial charge in [-0.05, 0) is 25.9 Å². The average molecular weight is 272 g/mol. The highest BCUT2D eigenvalue weighted by Crippen LogP contribution is 2.19. The van der Waals surface area contributed by atoms with E-state index in [9.17, 15) is 9.90 Å². The summed E-state index contributed by atoms with van der Waals surface area (Å²) in [4.78, 5) is 11.7. The van der Waals surface area contributed by atoms with Crippen molar-refractivity contribution in [3.05, 3.63) is 0 Å². The first-order valence-electron chi connectivity index (χ1n) is 7.07. The average Bonchev–Trinajstić information content (AvgIpc) is 2.45. The molecule has 0 aromatic rings. The molecule has 0 spiro atoms. The van der Waals surface area contributed by atoms with Crippen LogP contribution in [-0.2, 0) is 14.3 Å². The fraction of sp³-hybridized carbons (Fsp3) is 0.923. The van der Waals surface area contributed by atoms with Crippen LogP contribution in [0.4, 0.5) is 0 Å². The second-order valence-electron chi connectivity index (χ2n) is 5.37. The number of rotatable bonds is 5. The van der Waals surface area contributed by atoms with Crippen molar-refractivity contribution in [3.8, 4) is 0 Å². The van der Waals surface area contributed by atoms with Crippen molar-refractivity contribution in [1.82, 2.24) is 10.6 Å². The van der Waals surface area contributed by atoms with Gasteiger partial charge in [0.2, 0.25) is 5.91 Å². The lowest BCUT2D eigenvalue weighted by Gasteiger charge is -2.32. The molecule has 2 aliphatic rings. The van der Waals surface area contributed by atoms with Gasteiger partial charge in [0, 0.05) is 32.6 Å². The van der Waals surface area contributed by atoms with E-state index < -0.39 is 5.60 Å². The SMILES string of the molecule is O=C(COC1CCNCC1)NCC1(O)CCOCC1. The fourth-order valence-corrected chi connectivity index (χ4v) is 2.40. The van der Waals surface area contributed by atoms with Gasteiger partial charge in [-0.15, -0.1) is 0 Å². The van der Waals surface area contributed by atoms with Gasteiger partial charge in [0.05, 0.1) is 11.7 Å². The second-order valence-corrected chi connectivity index (χ2v) is 5.37. The summed E-state index contributed by atoms with van der Waals surface area (Å²) in [6.07, 6.45) is 3.23. The predicted molar refractivity (Wildman–Crippen MR) is 69.9 cm³/mol. The zero-order chi connectivity index (χ0) is 13.6. The molecule has 2 aliphatic heterocycles. The van der Waals surface area contributed by atoms with Gasteiger partial charge in [0.1, 0.15) is 6.61 Å². The zero-order valence-electron chi connectivity index (χ0n) is 11.3. The lowest BCUT2D eigenvalue weighted by Crippen LogP contribution is -2.47. The summed E-state index contributed by atoms with van der Waals surface area (Å²) < 4.78 is 10.8. The van der Waals surface area contributed by atoms with Crippen LogP contribution < -0.4 is 10.6 Å². The van der Waals surface area contributed by atoms with E-state index in [-0.39, 0.29) is 25.2 Å². The molecular formula is C13H24N2O4. The van der Waals surface area contributed by atoms with Crippen LogP contribution in [0.5, 0.6) is 0 Å². The van der Waals surface area contributed by atoms with Crippen molar-refractivity contribution >= 4 is 5.91 Å². The Morgan fingerprint density at radius 2 is 2.05 bits per heavy atom. The standard InChI is InChI=1S/C13H24N2O4/c16-12(9-19-11-1-5-14-6-2-11)15-10-13(17)3-7-18-8-4-13/h11,14,17H,1-10H2,(H,15,16). The van der Waals surface area contributed by atoms with E-state index in [0.29, 0.717) is 26.1 Å². The molecule has 0 aromatic carbocycles. The molecule has 0 unspecified atom stereocenters. The van der Waals surface area contributed by atoms with Gasteiger partial charge < -0.3 is 25.2 Å². The molecule has 0 aliphatic carbocycles. The largest absolute Gasteiger partial charge is 0.388 e. The van der Waals surface area contributed by atoms with Gasteiger partial charge in [0.15, 0.2) is 0 Å². The van der Waals surface area contributed by atoms with Crippen LogP contribution in [0.3, 0.4) is 0 Å². The van der Waals surface area contributed by atoms with Gasteiger partial charge in [-0.2, -0.15) is 0 Å². The van der Waals surface area contributed by atoms with E-state index in [4.69, 9.17) is 9.47 Å². The maximum absolute atomic E-state index is 11.7. The van der Waals surface area contributed by atoms with Crippen molar-refractivity contribution in [2.45, 2.75) is 37.4 Å². The number of hydrogen-bond acceptors (Lipinski definition) is 5. The Hall–Kier alpha value is -0.690. The Morgan fingerprint density at radius 3 is 2.74 bits per heavy atom. The fourth-order valence-electron chi connectivity index (χ4n) is 2.40. The Morgan fingerprint density at radius 1 is 1.37 bits per heavy atom. The van der Waals surface area contributed by atoms with Crippen LogP contribution in [0.15, 0.2) is 0 Å². The Balaban J connectivity index is 1.61. The van der Waals surface area contributed by atoms with Crippen LogP contribution in [0.25, 0.3) is 0 Å². The minimum absolute atomic E-state index is 0.0806. The highest BCUT2D eigenvalue weighted by molar-refractivity contribution is 5.77. The third kappa shape index (κ3) is 5.06. The molecule has 0 radical (unpaired) electrons. The lowest BCUT2D eigenvalue weighted by atomic mass is 9.94. The highest BCUT2D eigenvalue weighted by atomic mass is 16.5. The molecule has 2 saturated heterocycles. The maximum Gasteiger partial charge on any atom is 0.246 e. The van der Waals surface area contributed by atoms with E-state index >= 15 is 0 Å². The van der Waals surface area contributed by atoms with Crippen LogP contribution in [-0.4, -0.2) is 62.2 Å². The third-order valence-corrected chi connectivity index (χ3v) is 3.77. The van der Waals surface area contributed by atoms with Gasteiger partial charge in [-0.25, -0.2) is 0 Å². The summed E-state index contributed by atoms with van der Waals surface area (Å²) in [6.45, 7) is 3.37. The number of carbonyl (C=O) groups is 1. The molecule has 110 valence electrons. The minimum atomic E-state index is -0.817. The van der Waals surface area contributed by atoms with Gasteiger partial charge >= 0.3 is 0 Å². The van der Waals surface area contributed by atoms with E-state index in [1.54, 1.807) is 0 Å². The molecule has 0 aromatic heterocycles. The summed E-state index contributed by atoms with van der Waals surface area (Å²) in [7, 11) is 0. The number of hydrogen-bond donors (Lipinski definition) is 3. The molecule has 2 heterocycles. The first kappa shape index (κ1) is 14.7. The van der Waals surface area contributed by atoms with E-state index in [1.807, 2.05) is 0 Å². The molecule has 19 heavy (non-hydrogen) atoms. The number of amides is 1. The first-order valence-corrected chi connectivity index (χ1v) is 7.07. The van der Waals surface area contributed by atoms with Gasteiger partial charge in [-0.3, -0.25) is 4.79 Å². The summed E-state index contributed by atoms with van der Waals surface area (Å²) in [5.74, 6) is -0.154. The first-order chi connectivity index (χ1) is 9.18. The number of ether oxygens (including phenoxy) is 2. The van der Waals surface area contributed by atoms with Crippen LogP contribution in [0.2, 0.25) is 0 Å². The van der Waals surface area contributed by atoms with E-state index in [0.717, 1.165) is 25.9 Å². The Bertz CT molecular complexity index is 286. The zero-order valence-corrected chi connectivity index (χ0v) is 11.3. The van der Waals surface area contributed by atoms with Crippen LogP contribution in [0, 0.1) is 0 Å². The summed E-state index contributed by atoms with van der Waals surface area (Å²) >= 11 is 0. The smallest absolute Gasteiger partial charge is 0.246 e. The normalized spacial score (nSPS) is 24.1. The minimum Gasteiger partial charge on any atom is -0.388 e. The molecule has 0 bridgehead atoms. The van der Waals surface area contributed by atoms with Gasteiger partial charge in [0.25, 0.3) is 0 Å². The highest BCUT2D eigenvalue weighted by Gasteiger charge is 2.30. The van der Waals surface area contributed by atoms with Crippen LogP contribution in [0.1, 0.15) is 25.7 Å². The Kier molecular flexibility index (Phi) is 5.57. The molecule has 0 saturated carbocycles. The molecule has 2 rings (SSSR count). The van der Waals surface area contributed by atoms with Crippen molar-refractivity contribution < 1.29 is 19.4 Å². The monoisotopic (exact) mass is 272 g/mol. The molecule has 0 atom stereocenters. The number of carbonyl (C=O) groups excluding carboxylic acids is 1. The van der Waals surface area contributed by atoms with Crippen molar-refractivity contribution in [2.24, 2.45) is 0 Å². The summed E-state index contributed by atoms with van der Waals surface area (Å²) in [5, 5.41) is 16.2. The van der Waals surface area contributed by atoms with Crippen molar-refractivity contribution in [2.75, 3.05) is 39.5 Å². The van der Waals surface area contributed by atoms with E-state index in [1.165, 1.54) is 0 Å². The topological polar surface area (TPSA) is 79.8 Å². The van der Waals surface area contributed by atoms with E-state index in [2.05, 4.69) is 10.6 Å². The lowest BCUT2D eigenvalue weighted by molar-refractivity contribution is -0.130. The molecule has 6 heteroatoms. The molecule has 1 amide bonds. The molecule has 6 nitrogen and oxygen atoms in total. The third-order valence-electron chi connectivity index (χ3n) is 3.77. The Labute approximate surface area is 113 Å². The van der Waals surface area contributed by atoms with Crippen LogP contribution >= 0.6 is 0 Å². The van der Waals surface area contributed by atoms with Crippen molar-refractivity contribution in [1.29, 1.82) is 0 Å². The summed E-state index contributed by atoms with van der Waals surface area (Å²) in [6, 6.07) is 0. The number of nitrogens with one attached hydrogen (secondary N) is 2. The maximum atomic E-state index is 11.7. The van der Waals surface area contributed by atoms with Gasteiger partial charge in [-0.1, -0.05) is 0 Å². The number of aliphatic hydroxyl groups is 1.